The molecule has 13 heteroatoms. The molecule has 1 fully saturated rings. The van der Waals surface area contributed by atoms with E-state index >= 15 is 4.39 Å². The van der Waals surface area contributed by atoms with Crippen LogP contribution in [0.5, 0.6) is 0 Å². The standard InChI is InChI=1S/C34H37F4N5O3S/c1-6-20-13-21(43(16-20)32(45)46-33(3,4)5)11-12-29(44)41-17-25(24-14-22(15-39)47-28(24)19-41)23-9-8-10-27(35)30(23)26-18-42(7-2)40-31(26)34(36,37)38/h8-12,14,18,20-21,25H,6-7,13,16-17,19H2,1-5H3/b12-11+/t20?,21?,25-/m0/s1. The minimum atomic E-state index is -4.83. The Morgan fingerprint density at radius 2 is 1.91 bits per heavy atom. The second-order valence-electron chi connectivity index (χ2n) is 12.9. The molecule has 47 heavy (non-hydrogen) atoms. The minimum absolute atomic E-state index is 0.0372. The lowest BCUT2D eigenvalue weighted by Gasteiger charge is -2.33. The largest absolute Gasteiger partial charge is 0.444 e. The van der Waals surface area contributed by atoms with Gasteiger partial charge in [0.2, 0.25) is 5.91 Å². The number of amides is 2. The second-order valence-corrected chi connectivity index (χ2v) is 14.0. The van der Waals surface area contributed by atoms with E-state index in [1.54, 1.807) is 55.7 Å². The zero-order chi connectivity index (χ0) is 34.3. The molecule has 2 unspecified atom stereocenters. The van der Waals surface area contributed by atoms with Gasteiger partial charge in [-0.2, -0.15) is 23.5 Å². The van der Waals surface area contributed by atoms with Crippen LogP contribution in [0.1, 0.15) is 80.0 Å². The summed E-state index contributed by atoms with van der Waals surface area (Å²) in [6.07, 6.45) is 0.546. The fourth-order valence-corrected chi connectivity index (χ4v) is 7.30. The summed E-state index contributed by atoms with van der Waals surface area (Å²) >= 11 is 1.19. The van der Waals surface area contributed by atoms with E-state index in [4.69, 9.17) is 4.74 Å². The maximum absolute atomic E-state index is 15.6. The summed E-state index contributed by atoms with van der Waals surface area (Å²) in [6, 6.07) is 7.52. The number of thiophene rings is 1. The van der Waals surface area contributed by atoms with Gasteiger partial charge in [0.25, 0.3) is 0 Å². The van der Waals surface area contributed by atoms with E-state index in [2.05, 4.69) is 11.2 Å². The number of likely N-dealkylation sites (tertiary alicyclic amines) is 1. The predicted octanol–water partition coefficient (Wildman–Crippen LogP) is 7.73. The zero-order valence-electron chi connectivity index (χ0n) is 26.9. The molecule has 1 aromatic carbocycles. The lowest BCUT2D eigenvalue weighted by molar-refractivity contribution is -0.141. The van der Waals surface area contributed by atoms with E-state index in [1.807, 2.05) is 6.92 Å². The maximum atomic E-state index is 15.6. The predicted molar refractivity (Wildman–Crippen MR) is 169 cm³/mol. The Bertz CT molecular complexity index is 1730. The van der Waals surface area contributed by atoms with Gasteiger partial charge in [-0.25, -0.2) is 9.18 Å². The van der Waals surface area contributed by atoms with Gasteiger partial charge >= 0.3 is 12.3 Å². The molecule has 8 nitrogen and oxygen atoms in total. The van der Waals surface area contributed by atoms with Crippen LogP contribution in [0, 0.1) is 23.1 Å². The van der Waals surface area contributed by atoms with Crippen molar-refractivity contribution in [2.45, 2.75) is 84.3 Å². The number of aryl methyl sites for hydroxylation is 1. The van der Waals surface area contributed by atoms with Gasteiger partial charge in [0, 0.05) is 53.8 Å². The first-order valence-electron chi connectivity index (χ1n) is 15.6. The molecule has 3 atom stereocenters. The molecule has 2 aliphatic heterocycles. The van der Waals surface area contributed by atoms with Gasteiger partial charge in [-0.1, -0.05) is 31.6 Å². The molecule has 0 bridgehead atoms. The summed E-state index contributed by atoms with van der Waals surface area (Å²) < 4.78 is 64.8. The summed E-state index contributed by atoms with van der Waals surface area (Å²) in [7, 11) is 0. The topological polar surface area (TPSA) is 91.5 Å². The van der Waals surface area contributed by atoms with E-state index in [9.17, 15) is 28.0 Å². The second kappa shape index (κ2) is 13.1. The number of carbonyl (C=O) groups is 2. The molecule has 250 valence electrons. The summed E-state index contributed by atoms with van der Waals surface area (Å²) in [5.41, 5.74) is -1.58. The first-order chi connectivity index (χ1) is 22.1. The Morgan fingerprint density at radius 3 is 2.55 bits per heavy atom. The van der Waals surface area contributed by atoms with Crippen LogP contribution in [0.15, 0.2) is 42.6 Å². The third kappa shape index (κ3) is 7.22. The van der Waals surface area contributed by atoms with Crippen LogP contribution < -0.4 is 0 Å². The summed E-state index contributed by atoms with van der Waals surface area (Å²) in [5, 5.41) is 13.4. The van der Waals surface area contributed by atoms with Gasteiger partial charge in [0.05, 0.1) is 12.6 Å². The first kappa shape index (κ1) is 34.2. The van der Waals surface area contributed by atoms with Crippen molar-refractivity contribution in [2.75, 3.05) is 13.1 Å². The Kier molecular flexibility index (Phi) is 9.55. The molecular weight excluding hydrogens is 634 g/mol. The zero-order valence-corrected chi connectivity index (χ0v) is 27.7. The molecule has 5 rings (SSSR count). The van der Waals surface area contributed by atoms with Crippen molar-refractivity contribution < 1.29 is 31.9 Å². The van der Waals surface area contributed by atoms with Gasteiger partial charge < -0.3 is 14.5 Å². The SMILES string of the molecule is CCC1CC(/C=C/C(=O)N2Cc3sc(C#N)cc3[C@H](c3cccc(F)c3-c3cn(CC)nc3C(F)(F)F)C2)N(C(=O)OC(C)(C)C)C1. The third-order valence-electron chi connectivity index (χ3n) is 8.52. The molecule has 0 N–H and O–H groups in total. The number of hydrogen-bond acceptors (Lipinski definition) is 6. The van der Waals surface area contributed by atoms with E-state index in [0.29, 0.717) is 28.3 Å². The van der Waals surface area contributed by atoms with Crippen LogP contribution in [-0.2, 0) is 28.8 Å². The highest BCUT2D eigenvalue weighted by molar-refractivity contribution is 7.12. The van der Waals surface area contributed by atoms with Crippen molar-refractivity contribution in [3.63, 3.8) is 0 Å². The van der Waals surface area contributed by atoms with Gasteiger partial charge in [-0.15, -0.1) is 11.3 Å². The van der Waals surface area contributed by atoms with Crippen LogP contribution in [-0.4, -0.2) is 56.3 Å². The number of alkyl halides is 3. The molecular formula is C34H37F4N5O3S. The monoisotopic (exact) mass is 671 g/mol. The molecule has 0 radical (unpaired) electrons. The van der Waals surface area contributed by atoms with Crippen LogP contribution in [0.3, 0.4) is 0 Å². The Morgan fingerprint density at radius 1 is 1.17 bits per heavy atom. The Hall–Kier alpha value is -4.18. The first-order valence-corrected chi connectivity index (χ1v) is 16.4. The lowest BCUT2D eigenvalue weighted by atomic mass is 9.83. The van der Waals surface area contributed by atoms with Crippen molar-refractivity contribution >= 4 is 23.3 Å². The highest BCUT2D eigenvalue weighted by atomic mass is 32.1. The average Bonchev–Trinajstić information content (AvgIpc) is 3.74. The number of fused-ring (bicyclic) bond motifs is 1. The number of ether oxygens (including phenoxy) is 1. The highest BCUT2D eigenvalue weighted by Gasteiger charge is 2.41. The van der Waals surface area contributed by atoms with Gasteiger partial charge in [-0.3, -0.25) is 9.48 Å². The molecule has 2 aromatic heterocycles. The van der Waals surface area contributed by atoms with Crippen LogP contribution >= 0.6 is 11.3 Å². The molecule has 0 spiro atoms. The van der Waals surface area contributed by atoms with Crippen LogP contribution in [0.25, 0.3) is 11.1 Å². The van der Waals surface area contributed by atoms with Crippen LogP contribution in [0.2, 0.25) is 0 Å². The van der Waals surface area contributed by atoms with Gasteiger partial charge in [-0.05, 0) is 63.3 Å². The molecule has 0 aliphatic carbocycles. The average molecular weight is 672 g/mol. The molecule has 3 aromatic rings. The number of carbonyl (C=O) groups excluding carboxylic acids is 2. The van der Waals surface area contributed by atoms with Crippen molar-refractivity contribution in [1.29, 1.82) is 5.26 Å². The highest BCUT2D eigenvalue weighted by Crippen LogP contribution is 2.45. The summed E-state index contributed by atoms with van der Waals surface area (Å²) in [6.45, 7) is 9.92. The summed E-state index contributed by atoms with van der Waals surface area (Å²) in [4.78, 5) is 30.9. The number of halogens is 4. The Labute approximate surface area is 275 Å². The third-order valence-corrected chi connectivity index (χ3v) is 9.56. The molecule has 2 aliphatic rings. The molecule has 4 heterocycles. The lowest BCUT2D eigenvalue weighted by Crippen LogP contribution is -2.40. The number of nitriles is 1. The van der Waals surface area contributed by atoms with Gasteiger partial charge in [0.1, 0.15) is 22.4 Å². The van der Waals surface area contributed by atoms with Crippen molar-refractivity contribution in [1.82, 2.24) is 19.6 Å². The normalized spacial score (nSPS) is 20.0. The Balaban J connectivity index is 1.51. The number of nitrogens with zero attached hydrogens (tertiary/aromatic N) is 5. The summed E-state index contributed by atoms with van der Waals surface area (Å²) in [5.74, 6) is -1.70. The fraction of sp³-hybridized carbons (Fsp3) is 0.471. The number of hydrogen-bond donors (Lipinski definition) is 0. The van der Waals surface area contributed by atoms with E-state index in [-0.39, 0.29) is 54.2 Å². The smallest absolute Gasteiger partial charge is 0.435 e. The van der Waals surface area contributed by atoms with Crippen molar-refractivity contribution in [2.24, 2.45) is 5.92 Å². The van der Waals surface area contributed by atoms with Crippen LogP contribution in [0.4, 0.5) is 22.4 Å². The van der Waals surface area contributed by atoms with E-state index < -0.39 is 35.3 Å². The van der Waals surface area contributed by atoms with E-state index in [1.165, 1.54) is 29.7 Å². The minimum Gasteiger partial charge on any atom is -0.444 e. The fourth-order valence-electron chi connectivity index (χ4n) is 6.26. The quantitative estimate of drug-likeness (QED) is 0.198. The van der Waals surface area contributed by atoms with Crippen molar-refractivity contribution in [3.05, 3.63) is 75.0 Å². The van der Waals surface area contributed by atoms with E-state index in [0.717, 1.165) is 17.2 Å². The number of benzene rings is 1. The number of aromatic nitrogens is 2. The molecule has 0 saturated carbocycles. The molecule has 2 amide bonds. The number of rotatable bonds is 6. The molecule has 1 saturated heterocycles. The van der Waals surface area contributed by atoms with Crippen molar-refractivity contribution in [3.8, 4) is 17.2 Å². The maximum Gasteiger partial charge on any atom is 0.435 e. The van der Waals surface area contributed by atoms with Gasteiger partial charge in [0.15, 0.2) is 5.69 Å².